The smallest absolute Gasteiger partial charge is 0.338 e. The number of rotatable bonds is 9. The minimum absolute atomic E-state index is 0.135. The van der Waals surface area contributed by atoms with E-state index in [0.717, 1.165) is 0 Å². The van der Waals surface area contributed by atoms with Gasteiger partial charge in [0.15, 0.2) is 24.2 Å². The van der Waals surface area contributed by atoms with E-state index >= 15 is 0 Å². The summed E-state index contributed by atoms with van der Waals surface area (Å²) in [4.78, 5) is 37.1. The lowest BCUT2D eigenvalue weighted by molar-refractivity contribution is -0.118. The molecule has 0 radical (unpaired) electrons. The van der Waals surface area contributed by atoms with Crippen LogP contribution in [0.3, 0.4) is 0 Å². The minimum atomic E-state index is -1.02. The number of anilines is 1. The first-order valence-corrected chi connectivity index (χ1v) is 10.5. The van der Waals surface area contributed by atoms with Gasteiger partial charge in [0, 0.05) is 16.3 Å². The number of amides is 1. The van der Waals surface area contributed by atoms with Crippen LogP contribution in [0.2, 0.25) is 5.02 Å². The molecule has 0 saturated heterocycles. The molecule has 0 spiro atoms. The molecule has 176 valence electrons. The molecule has 1 atom stereocenters. The predicted octanol–water partition coefficient (Wildman–Crippen LogP) is 4.93. The van der Waals surface area contributed by atoms with E-state index in [9.17, 15) is 18.8 Å². The molecule has 7 nitrogen and oxygen atoms in total. The Kier molecular flexibility index (Phi) is 8.21. The van der Waals surface area contributed by atoms with Gasteiger partial charge < -0.3 is 19.5 Å². The zero-order valence-electron chi connectivity index (χ0n) is 18.3. The Labute approximate surface area is 200 Å². The van der Waals surface area contributed by atoms with E-state index in [-0.39, 0.29) is 29.5 Å². The second-order valence-corrected chi connectivity index (χ2v) is 7.56. The van der Waals surface area contributed by atoms with Gasteiger partial charge in [-0.1, -0.05) is 11.6 Å². The lowest BCUT2D eigenvalue weighted by atomic mass is 10.1. The molecule has 3 rings (SSSR count). The molecule has 0 aliphatic rings. The van der Waals surface area contributed by atoms with Crippen molar-refractivity contribution in [3.05, 3.63) is 88.7 Å². The SMILES string of the molecule is COc1cc(C(=O)O[C@H](C)C(=O)c2ccc(Cl)cc2)ccc1OCC(=O)Nc1ccc(F)cc1. The zero-order valence-corrected chi connectivity index (χ0v) is 19.1. The molecule has 1 amide bonds. The van der Waals surface area contributed by atoms with Gasteiger partial charge in [-0.3, -0.25) is 9.59 Å². The first-order chi connectivity index (χ1) is 16.3. The maximum absolute atomic E-state index is 13.0. The highest BCUT2D eigenvalue weighted by molar-refractivity contribution is 6.30. The fourth-order valence-electron chi connectivity index (χ4n) is 2.92. The van der Waals surface area contributed by atoms with Crippen LogP contribution in [-0.2, 0) is 9.53 Å². The third-order valence-electron chi connectivity index (χ3n) is 4.67. The summed E-state index contributed by atoms with van der Waals surface area (Å²) >= 11 is 5.83. The molecule has 34 heavy (non-hydrogen) atoms. The highest BCUT2D eigenvalue weighted by Crippen LogP contribution is 2.28. The van der Waals surface area contributed by atoms with Gasteiger partial charge in [-0.05, 0) is 73.7 Å². The summed E-state index contributed by atoms with van der Waals surface area (Å²) in [6, 6.07) is 15.8. The predicted molar refractivity (Wildman–Crippen MR) is 124 cm³/mol. The average Bonchev–Trinajstić information content (AvgIpc) is 2.84. The monoisotopic (exact) mass is 485 g/mol. The maximum atomic E-state index is 13.0. The average molecular weight is 486 g/mol. The van der Waals surface area contributed by atoms with Crippen LogP contribution in [0.5, 0.6) is 11.5 Å². The van der Waals surface area contributed by atoms with Gasteiger partial charge >= 0.3 is 5.97 Å². The van der Waals surface area contributed by atoms with Gasteiger partial charge in [0.2, 0.25) is 5.78 Å². The number of hydrogen-bond donors (Lipinski definition) is 1. The van der Waals surface area contributed by atoms with E-state index in [1.165, 1.54) is 56.5 Å². The van der Waals surface area contributed by atoms with Gasteiger partial charge in [0.1, 0.15) is 5.82 Å². The number of carbonyl (C=O) groups excluding carboxylic acids is 3. The van der Waals surface area contributed by atoms with Crippen LogP contribution in [0.15, 0.2) is 66.7 Å². The van der Waals surface area contributed by atoms with Crippen LogP contribution in [0.4, 0.5) is 10.1 Å². The molecular formula is C25H21ClFNO6. The zero-order chi connectivity index (χ0) is 24.7. The Bertz CT molecular complexity index is 1180. The quantitative estimate of drug-likeness (QED) is 0.341. The molecule has 1 N–H and O–H groups in total. The van der Waals surface area contributed by atoms with E-state index < -0.39 is 23.8 Å². The Morgan fingerprint density at radius 2 is 1.59 bits per heavy atom. The van der Waals surface area contributed by atoms with E-state index in [2.05, 4.69) is 5.32 Å². The number of benzene rings is 3. The number of halogens is 2. The highest BCUT2D eigenvalue weighted by Gasteiger charge is 2.21. The van der Waals surface area contributed by atoms with Crippen LogP contribution in [-0.4, -0.2) is 37.5 Å². The Morgan fingerprint density at radius 1 is 0.941 bits per heavy atom. The first-order valence-electron chi connectivity index (χ1n) is 10.1. The van der Waals surface area contributed by atoms with Crippen molar-refractivity contribution >= 4 is 34.9 Å². The molecule has 3 aromatic rings. The van der Waals surface area contributed by atoms with Crippen LogP contribution in [0.1, 0.15) is 27.6 Å². The highest BCUT2D eigenvalue weighted by atomic mass is 35.5. The van der Waals surface area contributed by atoms with Crippen molar-refractivity contribution in [2.75, 3.05) is 19.0 Å². The van der Waals surface area contributed by atoms with E-state index in [0.29, 0.717) is 16.3 Å². The summed E-state index contributed by atoms with van der Waals surface area (Å²) < 4.78 is 29.0. The van der Waals surface area contributed by atoms with Gasteiger partial charge in [0.05, 0.1) is 12.7 Å². The largest absolute Gasteiger partial charge is 0.493 e. The van der Waals surface area contributed by atoms with Crippen molar-refractivity contribution in [1.82, 2.24) is 0 Å². The van der Waals surface area contributed by atoms with Crippen LogP contribution in [0.25, 0.3) is 0 Å². The summed E-state index contributed by atoms with van der Waals surface area (Å²) in [6.07, 6.45) is -1.02. The lowest BCUT2D eigenvalue weighted by Gasteiger charge is -2.14. The van der Waals surface area contributed by atoms with Gasteiger partial charge in [-0.15, -0.1) is 0 Å². The van der Waals surface area contributed by atoms with Gasteiger partial charge in [-0.25, -0.2) is 9.18 Å². The second kappa shape index (κ2) is 11.3. The third-order valence-corrected chi connectivity index (χ3v) is 4.92. The summed E-state index contributed by atoms with van der Waals surface area (Å²) in [6.45, 7) is 1.13. The Balaban J connectivity index is 1.60. The van der Waals surface area contributed by atoms with Crippen molar-refractivity contribution in [1.29, 1.82) is 0 Å². The molecule has 0 aromatic heterocycles. The molecule has 0 bridgehead atoms. The van der Waals surface area contributed by atoms with Crippen molar-refractivity contribution in [3.63, 3.8) is 0 Å². The molecule has 0 aliphatic carbocycles. The summed E-state index contributed by atoms with van der Waals surface area (Å²) in [5, 5.41) is 3.06. The maximum Gasteiger partial charge on any atom is 0.338 e. The number of ether oxygens (including phenoxy) is 3. The van der Waals surface area contributed by atoms with Crippen molar-refractivity contribution in [2.24, 2.45) is 0 Å². The standard InChI is InChI=1S/C25H21ClFNO6/c1-15(24(30)16-3-6-18(26)7-4-16)34-25(31)17-5-12-21(22(13-17)32-2)33-14-23(29)28-20-10-8-19(27)9-11-20/h3-13,15H,14H2,1-2H3,(H,28,29)/t15-/m1/s1. The minimum Gasteiger partial charge on any atom is -0.493 e. The molecule has 0 unspecified atom stereocenters. The molecule has 0 heterocycles. The molecule has 0 fully saturated rings. The summed E-state index contributed by atoms with van der Waals surface area (Å²) in [7, 11) is 1.38. The van der Waals surface area contributed by atoms with Crippen molar-refractivity contribution in [3.8, 4) is 11.5 Å². The number of hydrogen-bond acceptors (Lipinski definition) is 6. The molecule has 9 heteroatoms. The number of carbonyl (C=O) groups is 3. The number of Topliss-reactive ketones (excluding diaryl/α,β-unsaturated/α-hetero) is 1. The van der Waals surface area contributed by atoms with Crippen LogP contribution < -0.4 is 14.8 Å². The normalized spacial score (nSPS) is 11.3. The van der Waals surface area contributed by atoms with Crippen molar-refractivity contribution in [2.45, 2.75) is 13.0 Å². The number of nitrogens with one attached hydrogen (secondary N) is 1. The van der Waals surface area contributed by atoms with Gasteiger partial charge in [-0.2, -0.15) is 0 Å². The van der Waals surface area contributed by atoms with Crippen LogP contribution >= 0.6 is 11.6 Å². The fraction of sp³-hybridized carbons (Fsp3) is 0.160. The topological polar surface area (TPSA) is 90.9 Å². The fourth-order valence-corrected chi connectivity index (χ4v) is 3.04. The molecule has 0 saturated carbocycles. The number of ketones is 1. The van der Waals surface area contributed by atoms with Crippen molar-refractivity contribution < 1.29 is 33.0 Å². The van der Waals surface area contributed by atoms with E-state index in [1.807, 2.05) is 0 Å². The molecule has 3 aromatic carbocycles. The van der Waals surface area contributed by atoms with Crippen LogP contribution in [0, 0.1) is 5.82 Å². The number of esters is 1. The summed E-state index contributed by atoms with van der Waals surface area (Å²) in [5.74, 6) is -1.56. The Hall–Kier alpha value is -3.91. The molecular weight excluding hydrogens is 465 g/mol. The lowest BCUT2D eigenvalue weighted by Crippen LogP contribution is -2.24. The first kappa shape index (κ1) is 24.7. The van der Waals surface area contributed by atoms with Gasteiger partial charge in [0.25, 0.3) is 5.91 Å². The Morgan fingerprint density at radius 3 is 2.24 bits per heavy atom. The number of methoxy groups -OCH3 is 1. The summed E-state index contributed by atoms with van der Waals surface area (Å²) in [5.41, 5.74) is 0.919. The van der Waals surface area contributed by atoms with E-state index in [4.69, 9.17) is 25.8 Å². The van der Waals surface area contributed by atoms with E-state index in [1.54, 1.807) is 24.3 Å². The second-order valence-electron chi connectivity index (χ2n) is 7.13. The molecule has 0 aliphatic heterocycles. The third kappa shape index (κ3) is 6.55.